The van der Waals surface area contributed by atoms with E-state index < -0.39 is 6.10 Å². The van der Waals surface area contributed by atoms with E-state index >= 15 is 0 Å². The first-order chi connectivity index (χ1) is 17.6. The zero-order valence-electron chi connectivity index (χ0n) is 19.5. The number of H-pyrrole nitrogens is 1. The number of ether oxygens (including phenoxy) is 4. The maximum Gasteiger partial charge on any atom is 0.296 e. The smallest absolute Gasteiger partial charge is 0.296 e. The third-order valence-corrected chi connectivity index (χ3v) is 7.00. The van der Waals surface area contributed by atoms with Crippen LogP contribution in [0.5, 0.6) is 6.01 Å². The van der Waals surface area contributed by atoms with Gasteiger partial charge >= 0.3 is 0 Å². The Morgan fingerprint density at radius 2 is 1.97 bits per heavy atom. The first kappa shape index (κ1) is 23.4. The summed E-state index contributed by atoms with van der Waals surface area (Å²) in [6.07, 6.45) is 5.43. The number of fused-ring (bicyclic) bond motifs is 2. The summed E-state index contributed by atoms with van der Waals surface area (Å²) in [5.74, 6) is 1.15. The minimum absolute atomic E-state index is 0.243. The molecule has 2 aliphatic heterocycles. The van der Waals surface area contributed by atoms with E-state index in [1.54, 1.807) is 6.07 Å². The summed E-state index contributed by atoms with van der Waals surface area (Å²) in [5, 5.41) is 10.4. The molecule has 4 heterocycles. The second-order valence-corrected chi connectivity index (χ2v) is 9.53. The minimum Gasteiger partial charge on any atom is -0.493 e. The summed E-state index contributed by atoms with van der Waals surface area (Å²) in [5.41, 5.74) is 9.43. The predicted molar refractivity (Wildman–Crippen MR) is 134 cm³/mol. The van der Waals surface area contributed by atoms with Crippen molar-refractivity contribution in [3.8, 4) is 17.3 Å². The van der Waals surface area contributed by atoms with Crippen molar-refractivity contribution in [1.29, 1.82) is 0 Å². The fraction of sp³-hybridized carbons (Fsp3) is 0.385. The quantitative estimate of drug-likeness (QED) is 0.443. The first-order valence-electron chi connectivity index (χ1n) is 12.0. The van der Waals surface area contributed by atoms with Crippen LogP contribution in [0.3, 0.4) is 0 Å². The number of halogens is 1. The summed E-state index contributed by atoms with van der Waals surface area (Å²) in [4.78, 5) is 12.3. The van der Waals surface area contributed by atoms with Crippen LogP contribution in [0.2, 0.25) is 5.02 Å². The summed E-state index contributed by atoms with van der Waals surface area (Å²) in [7, 11) is 0. The molecule has 0 saturated carbocycles. The lowest BCUT2D eigenvalue weighted by Crippen LogP contribution is -2.34. The van der Waals surface area contributed by atoms with Gasteiger partial charge < -0.3 is 34.8 Å². The second-order valence-electron chi connectivity index (χ2n) is 9.12. The van der Waals surface area contributed by atoms with Crippen molar-refractivity contribution in [2.75, 3.05) is 26.4 Å². The first-order valence-corrected chi connectivity index (χ1v) is 12.4. The molecule has 0 spiro atoms. The van der Waals surface area contributed by atoms with Gasteiger partial charge in [-0.05, 0) is 30.2 Å². The third-order valence-electron chi connectivity index (χ3n) is 6.71. The highest BCUT2D eigenvalue weighted by atomic mass is 35.5. The highest BCUT2D eigenvalue weighted by molar-refractivity contribution is 6.33. The molecule has 3 aliphatic rings. The van der Waals surface area contributed by atoms with Crippen LogP contribution in [0.25, 0.3) is 22.4 Å². The van der Waals surface area contributed by atoms with Gasteiger partial charge in [-0.25, -0.2) is 4.98 Å². The Labute approximate surface area is 212 Å². The van der Waals surface area contributed by atoms with Crippen molar-refractivity contribution in [2.45, 2.75) is 36.8 Å². The number of aliphatic hydroxyl groups is 1. The second kappa shape index (κ2) is 9.84. The van der Waals surface area contributed by atoms with Crippen LogP contribution in [0.4, 0.5) is 0 Å². The number of rotatable bonds is 7. The summed E-state index contributed by atoms with van der Waals surface area (Å²) in [6, 6.07) is 10.4. The van der Waals surface area contributed by atoms with Crippen LogP contribution in [0.15, 0.2) is 54.3 Å². The van der Waals surface area contributed by atoms with Gasteiger partial charge in [0.15, 0.2) is 11.8 Å². The van der Waals surface area contributed by atoms with Gasteiger partial charge in [0, 0.05) is 18.0 Å². The van der Waals surface area contributed by atoms with E-state index in [4.69, 9.17) is 41.3 Å². The van der Waals surface area contributed by atoms with Crippen molar-refractivity contribution in [2.24, 2.45) is 5.73 Å². The molecule has 0 amide bonds. The number of aliphatic hydroxyl groups excluding tert-OH is 1. The number of aromatic amines is 1. The van der Waals surface area contributed by atoms with Crippen LogP contribution in [0.1, 0.15) is 17.9 Å². The van der Waals surface area contributed by atoms with Gasteiger partial charge in [-0.1, -0.05) is 41.9 Å². The van der Waals surface area contributed by atoms with Crippen molar-refractivity contribution in [3.05, 3.63) is 64.9 Å². The van der Waals surface area contributed by atoms with Gasteiger partial charge in [0.05, 0.1) is 29.4 Å². The standard InChI is InChI=1S/C26H27ClN4O5/c27-18-11-19-25(31-26(29-19)36-21-13-35-23-20(32)12-34-24(21)23)30-22(18)16-3-1-14(2-4-16)15-5-7-17(8-6-15)33-10-9-28/h1-5,7-8,11,15,20-21,23-24,32H,6,9-10,12-13,28H2,(H,29,30,31)/t15?,20-,21-,23-,24-/m0/s1. The molecule has 0 bridgehead atoms. The number of nitrogens with zero attached hydrogens (tertiary/aromatic N) is 2. The number of hydrogen-bond acceptors (Lipinski definition) is 8. The summed E-state index contributed by atoms with van der Waals surface area (Å²) < 4.78 is 22.8. The molecule has 1 aromatic carbocycles. The van der Waals surface area contributed by atoms with Gasteiger partial charge in [-0.3, -0.25) is 0 Å². The number of allylic oxidation sites excluding steroid dienone is 3. The molecule has 1 aliphatic carbocycles. The SMILES string of the molecule is NCCOC1=CCC(c2ccc(-c3nc4nc(O[C@H]5CO[C@@H]6[C@H]5OC[C@@H]6O)[nH]c4cc3Cl)cc2)C=C1. The third kappa shape index (κ3) is 4.49. The highest BCUT2D eigenvalue weighted by Crippen LogP contribution is 2.34. The summed E-state index contributed by atoms with van der Waals surface area (Å²) in [6.45, 7) is 1.59. The molecule has 1 unspecified atom stereocenters. The Balaban J connectivity index is 1.17. The zero-order chi connectivity index (χ0) is 24.6. The maximum absolute atomic E-state index is 9.93. The van der Waals surface area contributed by atoms with Crippen molar-refractivity contribution in [1.82, 2.24) is 15.0 Å². The maximum atomic E-state index is 9.93. The number of imidazole rings is 1. The van der Waals surface area contributed by atoms with E-state index in [0.29, 0.717) is 47.6 Å². The Hall–Kier alpha value is -2.95. The predicted octanol–water partition coefficient (Wildman–Crippen LogP) is 3.09. The van der Waals surface area contributed by atoms with E-state index in [1.807, 2.05) is 18.2 Å². The van der Waals surface area contributed by atoms with E-state index in [9.17, 15) is 5.11 Å². The van der Waals surface area contributed by atoms with Crippen LogP contribution in [-0.2, 0) is 14.2 Å². The molecule has 3 aromatic rings. The Morgan fingerprint density at radius 1 is 1.14 bits per heavy atom. The number of hydrogen-bond donors (Lipinski definition) is 3. The number of pyridine rings is 1. The molecule has 2 fully saturated rings. The van der Waals surface area contributed by atoms with Gasteiger partial charge in [0.25, 0.3) is 6.01 Å². The van der Waals surface area contributed by atoms with Crippen LogP contribution in [-0.4, -0.2) is 70.8 Å². The number of benzene rings is 1. The lowest BCUT2D eigenvalue weighted by molar-refractivity contribution is 0.00706. The topological polar surface area (TPSA) is 125 Å². The molecule has 36 heavy (non-hydrogen) atoms. The molecule has 2 aromatic heterocycles. The monoisotopic (exact) mass is 510 g/mol. The minimum atomic E-state index is -0.632. The largest absolute Gasteiger partial charge is 0.493 e. The molecule has 188 valence electrons. The molecule has 4 N–H and O–H groups in total. The van der Waals surface area contributed by atoms with Gasteiger partial charge in [-0.2, -0.15) is 4.98 Å². The van der Waals surface area contributed by atoms with Crippen LogP contribution in [0, 0.1) is 0 Å². The number of aromatic nitrogens is 3. The Morgan fingerprint density at radius 3 is 2.75 bits per heavy atom. The lowest BCUT2D eigenvalue weighted by Gasteiger charge is -2.17. The molecule has 0 radical (unpaired) electrons. The molecule has 6 rings (SSSR count). The molecule has 10 heteroatoms. The average molecular weight is 511 g/mol. The zero-order valence-corrected chi connectivity index (χ0v) is 20.2. The Kier molecular flexibility index (Phi) is 6.41. The van der Waals surface area contributed by atoms with Crippen molar-refractivity contribution < 1.29 is 24.1 Å². The summed E-state index contributed by atoms with van der Waals surface area (Å²) >= 11 is 6.59. The highest BCUT2D eigenvalue weighted by Gasteiger charge is 2.48. The Bertz CT molecular complexity index is 1310. The number of nitrogens with one attached hydrogen (secondary N) is 1. The molecule has 2 saturated heterocycles. The normalized spacial score (nSPS) is 27.3. The van der Waals surface area contributed by atoms with Gasteiger partial charge in [0.1, 0.15) is 30.7 Å². The number of nitrogens with two attached hydrogens (primary N) is 1. The fourth-order valence-corrected chi connectivity index (χ4v) is 5.12. The fourth-order valence-electron chi connectivity index (χ4n) is 4.86. The van der Waals surface area contributed by atoms with Gasteiger partial charge in [-0.15, -0.1) is 0 Å². The van der Waals surface area contributed by atoms with E-state index in [-0.39, 0.29) is 30.8 Å². The molecule has 9 nitrogen and oxygen atoms in total. The lowest BCUT2D eigenvalue weighted by atomic mass is 9.91. The van der Waals surface area contributed by atoms with Crippen molar-refractivity contribution >= 4 is 22.8 Å². The van der Waals surface area contributed by atoms with Crippen molar-refractivity contribution in [3.63, 3.8) is 0 Å². The van der Waals surface area contributed by atoms with E-state index in [1.165, 1.54) is 5.56 Å². The van der Waals surface area contributed by atoms with Crippen LogP contribution >= 0.6 is 11.6 Å². The van der Waals surface area contributed by atoms with Gasteiger partial charge in [0.2, 0.25) is 0 Å². The molecule has 5 atom stereocenters. The van der Waals surface area contributed by atoms with E-state index in [0.717, 1.165) is 17.7 Å². The average Bonchev–Trinajstić information content (AvgIpc) is 3.59. The molecular formula is C26H27ClN4O5. The van der Waals surface area contributed by atoms with Crippen LogP contribution < -0.4 is 10.5 Å². The molecular weight excluding hydrogens is 484 g/mol. The van der Waals surface area contributed by atoms with E-state index in [2.05, 4.69) is 34.3 Å².